The minimum absolute atomic E-state index is 0. The summed E-state index contributed by atoms with van der Waals surface area (Å²) in [6.45, 7) is 3.41. The van der Waals surface area contributed by atoms with E-state index in [1.54, 1.807) is 0 Å². The van der Waals surface area contributed by atoms with Gasteiger partial charge in [-0.2, -0.15) is 0 Å². The molecule has 0 aliphatic heterocycles. The molecule has 2 unspecified atom stereocenters. The Morgan fingerprint density at radius 3 is 2.30 bits per heavy atom. The summed E-state index contributed by atoms with van der Waals surface area (Å²) >= 11 is 0. The molecular weight excluding hydrogens is 373 g/mol. The van der Waals surface area contributed by atoms with E-state index in [4.69, 9.17) is 5.73 Å². The molecule has 10 heteroatoms. The van der Waals surface area contributed by atoms with E-state index < -0.39 is 37.6 Å². The van der Waals surface area contributed by atoms with E-state index in [0.717, 1.165) is 32.1 Å². The zero-order valence-electron chi connectivity index (χ0n) is 16.2. The predicted octanol–water partition coefficient (Wildman–Crippen LogP) is -0.456. The Balaban J connectivity index is 0.00000676. The van der Waals surface area contributed by atoms with Gasteiger partial charge in [0.2, 0.25) is 11.8 Å². The topological polar surface area (TPSA) is 173 Å². The van der Waals surface area contributed by atoms with E-state index in [1.807, 2.05) is 13.8 Å². The number of rotatable bonds is 10. The first kappa shape index (κ1) is 26.0. The van der Waals surface area contributed by atoms with Crippen molar-refractivity contribution >= 4 is 19.8 Å². The highest BCUT2D eigenvalue weighted by atomic mass is 31.1. The van der Waals surface area contributed by atoms with Crippen LogP contribution in [0.5, 0.6) is 0 Å². The molecule has 4 atom stereocenters. The molecule has 0 radical (unpaired) electrons. The Bertz CT molecular complexity index is 485. The van der Waals surface area contributed by atoms with Crippen LogP contribution in [0.3, 0.4) is 0 Å². The summed E-state index contributed by atoms with van der Waals surface area (Å²) in [5, 5.41) is 15.1. The van der Waals surface area contributed by atoms with Crippen molar-refractivity contribution in [2.24, 2.45) is 17.6 Å². The molecule has 1 aliphatic carbocycles. The summed E-state index contributed by atoms with van der Waals surface area (Å²) < 4.78 is 11.7. The van der Waals surface area contributed by atoms with Gasteiger partial charge in [0, 0.05) is 12.2 Å². The Labute approximate surface area is 161 Å². The van der Waals surface area contributed by atoms with Crippen LogP contribution in [0.2, 0.25) is 0 Å². The lowest BCUT2D eigenvalue weighted by atomic mass is 9.85. The van der Waals surface area contributed by atoms with Crippen LogP contribution < -0.4 is 16.4 Å². The van der Waals surface area contributed by atoms with Crippen LogP contribution in [0, 0.1) is 11.8 Å². The van der Waals surface area contributed by atoms with Crippen molar-refractivity contribution in [1.82, 2.24) is 10.6 Å². The van der Waals surface area contributed by atoms with Crippen LogP contribution in [-0.2, 0) is 14.2 Å². The number of carbonyl (C=O) groups is 2. The maximum Gasteiger partial charge on any atom is 0.239 e. The summed E-state index contributed by atoms with van der Waals surface area (Å²) in [5.74, 6) is -0.688. The van der Waals surface area contributed by atoms with Gasteiger partial charge in [-0.1, -0.05) is 33.1 Å². The lowest BCUT2D eigenvalue weighted by Crippen LogP contribution is -2.47. The fourth-order valence-electron chi connectivity index (χ4n) is 3.29. The monoisotopic (exact) mass is 409 g/mol. The van der Waals surface area contributed by atoms with Gasteiger partial charge in [-0.05, 0) is 31.1 Å². The number of nitrogens with one attached hydrogen (secondary N) is 2. The van der Waals surface area contributed by atoms with Gasteiger partial charge >= 0.3 is 0 Å². The fraction of sp³-hybridized carbons (Fsp3) is 0.882. The molecule has 0 aromatic heterocycles. The third-order valence-electron chi connectivity index (χ3n) is 5.04. The van der Waals surface area contributed by atoms with Crippen molar-refractivity contribution in [2.45, 2.75) is 70.2 Å². The number of hydrogen-bond donors (Lipinski definition) is 5. The van der Waals surface area contributed by atoms with Crippen molar-refractivity contribution in [3.8, 4) is 0 Å². The van der Waals surface area contributed by atoms with Gasteiger partial charge in [0.05, 0.1) is 18.7 Å². The van der Waals surface area contributed by atoms with Crippen LogP contribution >= 0.6 is 8.03 Å². The molecule has 1 aliphatic rings. The summed E-state index contributed by atoms with van der Waals surface area (Å²) in [5.41, 5.74) is 5.28. The van der Waals surface area contributed by atoms with Crippen LogP contribution in [0.25, 0.3) is 0 Å². The van der Waals surface area contributed by atoms with Crippen molar-refractivity contribution < 1.29 is 29.6 Å². The Kier molecular flexibility index (Phi) is 12.7. The van der Waals surface area contributed by atoms with Crippen molar-refractivity contribution in [1.29, 1.82) is 0 Å². The van der Waals surface area contributed by atoms with Crippen LogP contribution in [-0.4, -0.2) is 58.2 Å². The highest BCUT2D eigenvalue weighted by molar-refractivity contribution is 7.38. The zero-order chi connectivity index (χ0) is 19.7. The maximum atomic E-state index is 11.8. The molecule has 1 fully saturated rings. The Hall–Kier alpha value is -0.990. The van der Waals surface area contributed by atoms with Gasteiger partial charge in [0.1, 0.15) is 0 Å². The van der Waals surface area contributed by atoms with E-state index >= 15 is 0 Å². The second-order valence-corrected chi connectivity index (χ2v) is 8.94. The molecule has 0 bridgehead atoms. The largest absolute Gasteiger partial charge is 0.412 e. The van der Waals surface area contributed by atoms with Gasteiger partial charge in [-0.15, -0.1) is 0 Å². The molecule has 0 aromatic rings. The van der Waals surface area contributed by atoms with Gasteiger partial charge in [-0.25, -0.2) is 0 Å². The molecule has 27 heavy (non-hydrogen) atoms. The SMILES string of the molecule is CC(C)[C@H](N)C(=O)NCC(=O)NC[C@H](O)CC(C1CCCCC1)[PH](=O)O.O. The molecule has 0 heterocycles. The molecule has 160 valence electrons. The Morgan fingerprint density at radius 1 is 1.19 bits per heavy atom. The molecule has 1 saturated carbocycles. The highest BCUT2D eigenvalue weighted by Crippen LogP contribution is 2.40. The summed E-state index contributed by atoms with van der Waals surface area (Å²) in [4.78, 5) is 33.1. The molecule has 9 nitrogen and oxygen atoms in total. The van der Waals surface area contributed by atoms with Crippen molar-refractivity contribution in [3.05, 3.63) is 0 Å². The maximum absolute atomic E-state index is 11.8. The molecule has 0 spiro atoms. The second kappa shape index (κ2) is 13.2. The van der Waals surface area contributed by atoms with Crippen LogP contribution in [0.1, 0.15) is 52.4 Å². The molecule has 0 saturated heterocycles. The van der Waals surface area contributed by atoms with E-state index in [-0.39, 0.29) is 36.8 Å². The van der Waals surface area contributed by atoms with Gasteiger partial charge in [0.15, 0.2) is 8.03 Å². The summed E-state index contributed by atoms with van der Waals surface area (Å²) in [6.07, 6.45) is 4.42. The van der Waals surface area contributed by atoms with Crippen LogP contribution in [0.15, 0.2) is 0 Å². The smallest absolute Gasteiger partial charge is 0.239 e. The predicted molar refractivity (Wildman–Crippen MR) is 105 cm³/mol. The van der Waals surface area contributed by atoms with E-state index in [2.05, 4.69) is 10.6 Å². The standard InChI is InChI=1S/C17H34N3O5P.H2O/c1-11(2)16(18)17(23)20-10-15(22)19-9-13(21)8-14(26(24)25)12-6-4-3-5-7-12;/h11-14,16,21,26H,3-10,18H2,1-2H3,(H,19,22)(H,20,23)(H,24,25);1H2/t13-,14?,16+;/m1./s1. The number of amides is 2. The lowest BCUT2D eigenvalue weighted by Gasteiger charge is -2.29. The minimum Gasteiger partial charge on any atom is -0.412 e. The van der Waals surface area contributed by atoms with E-state index in [0.29, 0.717) is 0 Å². The summed E-state index contributed by atoms with van der Waals surface area (Å²) in [6, 6.07) is -0.674. The number of carbonyl (C=O) groups excluding carboxylic acids is 2. The van der Waals surface area contributed by atoms with Gasteiger partial charge in [-0.3, -0.25) is 14.2 Å². The zero-order valence-corrected chi connectivity index (χ0v) is 17.2. The quantitative estimate of drug-likeness (QED) is 0.305. The third-order valence-corrected chi connectivity index (χ3v) is 6.38. The van der Waals surface area contributed by atoms with E-state index in [9.17, 15) is 24.2 Å². The average Bonchev–Trinajstić information content (AvgIpc) is 2.62. The van der Waals surface area contributed by atoms with Gasteiger partial charge in [0.25, 0.3) is 0 Å². The first-order valence-electron chi connectivity index (χ1n) is 9.43. The fourth-order valence-corrected chi connectivity index (χ4v) is 4.50. The molecule has 8 N–H and O–H groups in total. The molecular formula is C17H36N3O6P. The number of aliphatic hydroxyl groups is 1. The van der Waals surface area contributed by atoms with Crippen LogP contribution in [0.4, 0.5) is 0 Å². The van der Waals surface area contributed by atoms with Gasteiger partial charge < -0.3 is 31.8 Å². The second-order valence-electron chi connectivity index (χ2n) is 7.52. The number of hydrogen-bond acceptors (Lipinski definition) is 5. The van der Waals surface area contributed by atoms with Crippen molar-refractivity contribution in [3.63, 3.8) is 0 Å². The van der Waals surface area contributed by atoms with Crippen molar-refractivity contribution in [2.75, 3.05) is 13.1 Å². The van der Waals surface area contributed by atoms with E-state index in [1.165, 1.54) is 0 Å². The number of nitrogens with two attached hydrogens (primary N) is 1. The first-order valence-corrected chi connectivity index (χ1v) is 10.9. The third kappa shape index (κ3) is 9.67. The first-order chi connectivity index (χ1) is 12.2. The minimum atomic E-state index is -2.74. The highest BCUT2D eigenvalue weighted by Gasteiger charge is 2.29. The lowest BCUT2D eigenvalue weighted by molar-refractivity contribution is -0.127. The number of aliphatic hydroxyl groups excluding tert-OH is 1. The summed E-state index contributed by atoms with van der Waals surface area (Å²) in [7, 11) is -2.74. The Morgan fingerprint density at radius 2 is 1.78 bits per heavy atom. The average molecular weight is 409 g/mol. The molecule has 2 amide bonds. The molecule has 1 rings (SSSR count). The normalized spacial score (nSPS) is 19.5. The molecule has 0 aromatic carbocycles.